The second-order valence-corrected chi connectivity index (χ2v) is 9.52. The number of benzene rings is 2. The highest BCUT2D eigenvalue weighted by molar-refractivity contribution is 8.04. The second kappa shape index (κ2) is 10.3. The molecular weight excluding hydrogens is 420 g/mol. The molecule has 1 fully saturated rings. The highest BCUT2D eigenvalue weighted by Crippen LogP contribution is 2.39. The summed E-state index contributed by atoms with van der Waals surface area (Å²) in [5.74, 6) is -0.251. The highest BCUT2D eigenvalue weighted by Gasteiger charge is 2.22. The Labute approximate surface area is 194 Å². The minimum atomic E-state index is -0.146. The molecule has 2 amide bonds. The van der Waals surface area contributed by atoms with Crippen LogP contribution < -0.4 is 10.6 Å². The molecule has 2 aliphatic rings. The van der Waals surface area contributed by atoms with Crippen LogP contribution in [0, 0.1) is 6.92 Å². The molecule has 2 N–H and O–H groups in total. The van der Waals surface area contributed by atoms with Crippen molar-refractivity contribution in [1.29, 1.82) is 0 Å². The number of likely N-dealkylation sites (N-methyl/N-ethyl adjacent to an activating group) is 1. The van der Waals surface area contributed by atoms with E-state index in [-0.39, 0.29) is 11.8 Å². The third-order valence-electron chi connectivity index (χ3n) is 5.84. The van der Waals surface area contributed by atoms with Gasteiger partial charge in [-0.3, -0.25) is 9.59 Å². The quantitative estimate of drug-likeness (QED) is 0.521. The first-order chi connectivity index (χ1) is 15.5. The Bertz CT molecular complexity index is 1010. The molecule has 0 spiro atoms. The Hall–Kier alpha value is -2.61. The second-order valence-electron chi connectivity index (χ2n) is 8.44. The predicted octanol–water partition coefficient (Wildman–Crippen LogP) is 3.45. The van der Waals surface area contributed by atoms with E-state index >= 15 is 0 Å². The minimum Gasteiger partial charge on any atom is -0.352 e. The molecule has 0 atom stereocenters. The van der Waals surface area contributed by atoms with Crippen molar-refractivity contribution in [3.05, 3.63) is 64.1 Å². The van der Waals surface area contributed by atoms with E-state index in [2.05, 4.69) is 27.5 Å². The lowest BCUT2D eigenvalue weighted by atomic mass is 10.1. The molecule has 0 aliphatic carbocycles. The normalized spacial score (nSPS) is 18.3. The zero-order valence-corrected chi connectivity index (χ0v) is 19.5. The average molecular weight is 451 g/mol. The first kappa shape index (κ1) is 22.6. The molecule has 2 aliphatic heterocycles. The van der Waals surface area contributed by atoms with E-state index in [1.807, 2.05) is 49.4 Å². The minimum absolute atomic E-state index is 0.105. The molecule has 0 radical (unpaired) electrons. The zero-order chi connectivity index (χ0) is 22.5. The lowest BCUT2D eigenvalue weighted by Gasteiger charge is -2.32. The molecule has 0 unspecified atom stereocenters. The molecule has 6 nitrogen and oxygen atoms in total. The first-order valence-corrected chi connectivity index (χ1v) is 11.9. The Kier molecular flexibility index (Phi) is 7.29. The summed E-state index contributed by atoms with van der Waals surface area (Å²) in [5.41, 5.74) is 3.43. The largest absolute Gasteiger partial charge is 0.352 e. The Balaban J connectivity index is 1.32. The molecule has 2 heterocycles. The number of aryl methyl sites for hydroxylation is 1. The molecule has 4 rings (SSSR count). The van der Waals surface area contributed by atoms with Gasteiger partial charge in [-0.25, -0.2) is 0 Å². The van der Waals surface area contributed by atoms with Crippen LogP contribution in [0.15, 0.2) is 52.3 Å². The van der Waals surface area contributed by atoms with Gasteiger partial charge in [-0.1, -0.05) is 41.6 Å². The summed E-state index contributed by atoms with van der Waals surface area (Å²) < 4.78 is 0. The van der Waals surface area contributed by atoms with Crippen molar-refractivity contribution in [2.45, 2.75) is 18.2 Å². The van der Waals surface area contributed by atoms with Crippen LogP contribution in [0.25, 0.3) is 6.08 Å². The standard InChI is InChI=1S/C25H30N4O2S/c1-18-4-6-19(7-5-18)16-23-25(31)27-21-17-20(8-9-22(21)32-23)24(30)26-10-3-11-29-14-12-28(2)13-15-29/h4-9,16-17H,3,10-15H2,1-2H3,(H,26,30)(H,27,31). The van der Waals surface area contributed by atoms with E-state index in [4.69, 9.17) is 0 Å². The fourth-order valence-electron chi connectivity index (χ4n) is 3.79. The van der Waals surface area contributed by atoms with Crippen LogP contribution in [0.4, 0.5) is 5.69 Å². The number of amides is 2. The smallest absolute Gasteiger partial charge is 0.262 e. The summed E-state index contributed by atoms with van der Waals surface area (Å²) in [6.07, 6.45) is 2.82. The van der Waals surface area contributed by atoms with Crippen molar-refractivity contribution in [2.24, 2.45) is 0 Å². The molecule has 7 heteroatoms. The number of nitrogens with zero attached hydrogens (tertiary/aromatic N) is 2. The van der Waals surface area contributed by atoms with Gasteiger partial charge in [-0.15, -0.1) is 0 Å². The predicted molar refractivity (Wildman–Crippen MR) is 131 cm³/mol. The molecule has 168 valence electrons. The van der Waals surface area contributed by atoms with Gasteiger partial charge in [0.05, 0.1) is 10.6 Å². The van der Waals surface area contributed by atoms with Crippen molar-refractivity contribution in [3.63, 3.8) is 0 Å². The van der Waals surface area contributed by atoms with Gasteiger partial charge >= 0.3 is 0 Å². The van der Waals surface area contributed by atoms with Crippen LogP contribution in [0.5, 0.6) is 0 Å². The van der Waals surface area contributed by atoms with Gasteiger partial charge in [-0.05, 0) is 56.8 Å². The number of rotatable bonds is 6. The SMILES string of the molecule is Cc1ccc(C=C2Sc3ccc(C(=O)NCCCN4CCN(C)CC4)cc3NC2=O)cc1. The number of carbonyl (C=O) groups excluding carboxylic acids is 2. The molecule has 0 bridgehead atoms. The van der Waals surface area contributed by atoms with Gasteiger partial charge in [0.25, 0.3) is 11.8 Å². The van der Waals surface area contributed by atoms with Gasteiger partial charge < -0.3 is 20.4 Å². The number of hydrogen-bond acceptors (Lipinski definition) is 5. The van der Waals surface area contributed by atoms with E-state index in [9.17, 15) is 9.59 Å². The Morgan fingerprint density at radius 2 is 1.88 bits per heavy atom. The Morgan fingerprint density at radius 3 is 2.62 bits per heavy atom. The fourth-order valence-corrected chi connectivity index (χ4v) is 4.73. The lowest BCUT2D eigenvalue weighted by Crippen LogP contribution is -2.45. The zero-order valence-electron chi connectivity index (χ0n) is 18.7. The van der Waals surface area contributed by atoms with E-state index < -0.39 is 0 Å². The van der Waals surface area contributed by atoms with Crippen molar-refractivity contribution in [3.8, 4) is 0 Å². The van der Waals surface area contributed by atoms with Crippen molar-refractivity contribution < 1.29 is 9.59 Å². The van der Waals surface area contributed by atoms with Crippen LogP contribution >= 0.6 is 11.8 Å². The molecule has 32 heavy (non-hydrogen) atoms. The van der Waals surface area contributed by atoms with E-state index in [1.165, 1.54) is 17.3 Å². The third kappa shape index (κ3) is 5.79. The molecular formula is C25H30N4O2S. The number of thioether (sulfide) groups is 1. The van der Waals surface area contributed by atoms with E-state index in [0.29, 0.717) is 22.7 Å². The van der Waals surface area contributed by atoms with Crippen molar-refractivity contribution >= 4 is 35.3 Å². The van der Waals surface area contributed by atoms with Gasteiger partial charge in [-0.2, -0.15) is 0 Å². The van der Waals surface area contributed by atoms with Crippen LogP contribution in [0.1, 0.15) is 27.9 Å². The van der Waals surface area contributed by atoms with Crippen molar-refractivity contribution in [2.75, 3.05) is 51.6 Å². The van der Waals surface area contributed by atoms with E-state index in [1.54, 1.807) is 6.07 Å². The van der Waals surface area contributed by atoms with Gasteiger partial charge in [0.15, 0.2) is 0 Å². The summed E-state index contributed by atoms with van der Waals surface area (Å²) in [6.45, 7) is 8.07. The molecule has 2 aromatic carbocycles. The maximum absolute atomic E-state index is 12.6. The van der Waals surface area contributed by atoms with Gasteiger partial charge in [0, 0.05) is 43.2 Å². The monoisotopic (exact) mass is 450 g/mol. The third-order valence-corrected chi connectivity index (χ3v) is 6.94. The van der Waals surface area contributed by atoms with Crippen molar-refractivity contribution in [1.82, 2.24) is 15.1 Å². The number of anilines is 1. The topological polar surface area (TPSA) is 64.7 Å². The van der Waals surface area contributed by atoms with Crippen LogP contribution in [-0.4, -0.2) is 67.9 Å². The summed E-state index contributed by atoms with van der Waals surface area (Å²) in [7, 11) is 2.15. The average Bonchev–Trinajstić information content (AvgIpc) is 2.79. The van der Waals surface area contributed by atoms with Crippen LogP contribution in [-0.2, 0) is 4.79 Å². The fraction of sp³-hybridized carbons (Fsp3) is 0.360. The number of carbonyl (C=O) groups is 2. The summed E-state index contributed by atoms with van der Waals surface area (Å²) in [6, 6.07) is 13.6. The van der Waals surface area contributed by atoms with Gasteiger partial charge in [0.2, 0.25) is 0 Å². The molecule has 0 saturated carbocycles. The number of hydrogen-bond donors (Lipinski definition) is 2. The van der Waals surface area contributed by atoms with E-state index in [0.717, 1.165) is 49.6 Å². The number of nitrogens with one attached hydrogen (secondary N) is 2. The Morgan fingerprint density at radius 1 is 1.12 bits per heavy atom. The summed E-state index contributed by atoms with van der Waals surface area (Å²) in [4.78, 5) is 31.5. The summed E-state index contributed by atoms with van der Waals surface area (Å²) in [5, 5.41) is 5.94. The number of fused-ring (bicyclic) bond motifs is 1. The molecule has 2 aromatic rings. The molecule has 0 aromatic heterocycles. The van der Waals surface area contributed by atoms with Crippen LogP contribution in [0.2, 0.25) is 0 Å². The highest BCUT2D eigenvalue weighted by atomic mass is 32.2. The first-order valence-electron chi connectivity index (χ1n) is 11.1. The van der Waals surface area contributed by atoms with Gasteiger partial charge in [0.1, 0.15) is 0 Å². The lowest BCUT2D eigenvalue weighted by molar-refractivity contribution is -0.112. The molecule has 1 saturated heterocycles. The maximum atomic E-state index is 12.6. The van der Waals surface area contributed by atoms with Crippen LogP contribution in [0.3, 0.4) is 0 Å². The summed E-state index contributed by atoms with van der Waals surface area (Å²) >= 11 is 1.43. The number of piperazine rings is 1. The maximum Gasteiger partial charge on any atom is 0.262 e.